The monoisotopic (exact) mass is 494 g/mol. The SMILES string of the molecule is C/C(C=N)=C(/Nc1cccc(OC(F)(F)F)c1)c1nn(-c2ccc(-n3cccn3)cc2C)ccc1=O. The number of nitrogens with zero attached hydrogens (tertiary/aromatic N) is 4. The molecular weight excluding hydrogens is 473 g/mol. The zero-order chi connectivity index (χ0) is 25.9. The van der Waals surface area contributed by atoms with Gasteiger partial charge < -0.3 is 15.5 Å². The highest BCUT2D eigenvalue weighted by Gasteiger charge is 2.31. The average Bonchev–Trinajstić information content (AvgIpc) is 3.37. The van der Waals surface area contributed by atoms with Gasteiger partial charge in [-0.3, -0.25) is 4.79 Å². The van der Waals surface area contributed by atoms with Crippen molar-refractivity contribution in [3.05, 3.63) is 100 Å². The minimum Gasteiger partial charge on any atom is -0.406 e. The van der Waals surface area contributed by atoms with Crippen molar-refractivity contribution >= 4 is 17.6 Å². The van der Waals surface area contributed by atoms with Gasteiger partial charge >= 0.3 is 6.36 Å². The van der Waals surface area contributed by atoms with Crippen molar-refractivity contribution in [2.24, 2.45) is 0 Å². The third kappa shape index (κ3) is 5.52. The van der Waals surface area contributed by atoms with E-state index in [9.17, 15) is 18.0 Å². The van der Waals surface area contributed by atoms with Crippen molar-refractivity contribution < 1.29 is 17.9 Å². The molecule has 0 saturated carbocycles. The van der Waals surface area contributed by atoms with Crippen LogP contribution < -0.4 is 15.5 Å². The molecule has 8 nitrogen and oxygen atoms in total. The molecule has 0 amide bonds. The van der Waals surface area contributed by atoms with Crippen molar-refractivity contribution in [1.82, 2.24) is 19.6 Å². The Labute approximate surface area is 203 Å². The van der Waals surface area contributed by atoms with Gasteiger partial charge in [-0.15, -0.1) is 13.2 Å². The summed E-state index contributed by atoms with van der Waals surface area (Å²) in [6, 6.07) is 14.0. The molecule has 2 heterocycles. The molecular formula is C25H21F3N6O2. The van der Waals surface area contributed by atoms with Gasteiger partial charge in [0.25, 0.3) is 0 Å². The molecule has 0 aliphatic carbocycles. The Hall–Kier alpha value is -4.67. The lowest BCUT2D eigenvalue weighted by molar-refractivity contribution is -0.274. The Morgan fingerprint density at radius 2 is 1.89 bits per heavy atom. The van der Waals surface area contributed by atoms with Gasteiger partial charge in [0.15, 0.2) is 5.69 Å². The summed E-state index contributed by atoms with van der Waals surface area (Å²) in [4.78, 5) is 12.8. The van der Waals surface area contributed by atoms with Gasteiger partial charge in [0.2, 0.25) is 5.43 Å². The third-order valence-electron chi connectivity index (χ3n) is 5.19. The van der Waals surface area contributed by atoms with Crippen LogP contribution in [0.2, 0.25) is 0 Å². The number of allylic oxidation sites excluding steroid dienone is 1. The Kier molecular flexibility index (Phi) is 6.73. The van der Waals surface area contributed by atoms with E-state index in [1.165, 1.54) is 29.1 Å². The second-order valence-electron chi connectivity index (χ2n) is 7.80. The largest absolute Gasteiger partial charge is 0.573 e. The fourth-order valence-electron chi connectivity index (χ4n) is 3.51. The van der Waals surface area contributed by atoms with Crippen LogP contribution in [0.15, 0.2) is 83.6 Å². The molecule has 0 bridgehead atoms. The molecule has 4 rings (SSSR count). The molecule has 0 atom stereocenters. The first-order valence-corrected chi connectivity index (χ1v) is 10.7. The van der Waals surface area contributed by atoms with Crippen LogP contribution in [0.4, 0.5) is 18.9 Å². The minimum absolute atomic E-state index is 0.00352. The predicted octanol–water partition coefficient (Wildman–Crippen LogP) is 5.12. The highest BCUT2D eigenvalue weighted by atomic mass is 19.4. The molecule has 0 unspecified atom stereocenters. The summed E-state index contributed by atoms with van der Waals surface area (Å²) in [6.07, 6.45) is 1.21. The average molecular weight is 494 g/mol. The zero-order valence-corrected chi connectivity index (χ0v) is 19.2. The Bertz CT molecular complexity index is 1490. The molecule has 0 radical (unpaired) electrons. The molecule has 0 aliphatic heterocycles. The summed E-state index contributed by atoms with van der Waals surface area (Å²) in [7, 11) is 0. The first-order valence-electron chi connectivity index (χ1n) is 10.7. The summed E-state index contributed by atoms with van der Waals surface area (Å²) in [6.45, 7) is 3.49. The second kappa shape index (κ2) is 9.90. The molecule has 4 aromatic rings. The fourth-order valence-corrected chi connectivity index (χ4v) is 3.51. The molecule has 2 aromatic carbocycles. The molecule has 2 N–H and O–H groups in total. The maximum atomic E-state index is 12.8. The van der Waals surface area contributed by atoms with E-state index < -0.39 is 17.5 Å². The number of alkyl halides is 3. The first kappa shape index (κ1) is 24.5. The van der Waals surface area contributed by atoms with Crippen LogP contribution >= 0.6 is 0 Å². The lowest BCUT2D eigenvalue weighted by Crippen LogP contribution is -2.20. The Balaban J connectivity index is 1.72. The summed E-state index contributed by atoms with van der Waals surface area (Å²) in [5.74, 6) is -0.425. The number of ether oxygens (including phenoxy) is 1. The van der Waals surface area contributed by atoms with E-state index in [-0.39, 0.29) is 17.1 Å². The lowest BCUT2D eigenvalue weighted by Gasteiger charge is -2.16. The van der Waals surface area contributed by atoms with Gasteiger partial charge in [-0.05, 0) is 61.4 Å². The van der Waals surface area contributed by atoms with Gasteiger partial charge in [-0.2, -0.15) is 10.2 Å². The molecule has 0 aliphatic rings. The smallest absolute Gasteiger partial charge is 0.406 e. The number of aromatic nitrogens is 4. The van der Waals surface area contributed by atoms with Crippen molar-refractivity contribution in [2.75, 3.05) is 5.32 Å². The number of halogens is 3. The summed E-state index contributed by atoms with van der Waals surface area (Å²) >= 11 is 0. The van der Waals surface area contributed by atoms with Crippen LogP contribution in [0.3, 0.4) is 0 Å². The highest BCUT2D eigenvalue weighted by molar-refractivity contribution is 5.92. The first-order chi connectivity index (χ1) is 17.1. The van der Waals surface area contributed by atoms with Crippen LogP contribution in [-0.4, -0.2) is 32.1 Å². The standard InChI is InChI=1S/C25H21F3N6O2/c1-16-13-19(33-11-4-10-30-33)7-8-21(16)34-12-9-22(35)24(32-34)23(17(2)15-29)31-18-5-3-6-20(14-18)36-25(26,27)28/h3-15,29,31H,1-2H3/b23-17-,29-15?. The van der Waals surface area contributed by atoms with E-state index in [0.29, 0.717) is 11.3 Å². The normalized spacial score (nSPS) is 12.1. The fraction of sp³-hybridized carbons (Fsp3) is 0.120. The lowest BCUT2D eigenvalue weighted by atomic mass is 10.1. The highest BCUT2D eigenvalue weighted by Crippen LogP contribution is 2.27. The third-order valence-corrected chi connectivity index (χ3v) is 5.19. The van der Waals surface area contributed by atoms with Crippen molar-refractivity contribution in [3.8, 4) is 17.1 Å². The molecule has 0 fully saturated rings. The quantitative estimate of drug-likeness (QED) is 0.348. The topological polar surface area (TPSA) is 97.8 Å². The molecule has 0 spiro atoms. The van der Waals surface area contributed by atoms with E-state index in [1.54, 1.807) is 17.8 Å². The van der Waals surface area contributed by atoms with Gasteiger partial charge in [-0.25, -0.2) is 9.36 Å². The van der Waals surface area contributed by atoms with Crippen LogP contribution in [0.5, 0.6) is 5.75 Å². The second-order valence-corrected chi connectivity index (χ2v) is 7.80. The van der Waals surface area contributed by atoms with Crippen LogP contribution in [0.1, 0.15) is 18.2 Å². The molecule has 184 valence electrons. The summed E-state index contributed by atoms with van der Waals surface area (Å²) in [5, 5.41) is 19.3. The predicted molar refractivity (Wildman–Crippen MR) is 130 cm³/mol. The number of anilines is 1. The Morgan fingerprint density at radius 3 is 2.56 bits per heavy atom. The molecule has 11 heteroatoms. The number of hydrogen-bond donors (Lipinski definition) is 2. The minimum atomic E-state index is -4.85. The van der Waals surface area contributed by atoms with Crippen molar-refractivity contribution in [2.45, 2.75) is 20.2 Å². The van der Waals surface area contributed by atoms with E-state index >= 15 is 0 Å². The molecule has 0 saturated heterocycles. The van der Waals surface area contributed by atoms with Crippen LogP contribution in [0.25, 0.3) is 17.1 Å². The van der Waals surface area contributed by atoms with Crippen LogP contribution in [-0.2, 0) is 0 Å². The van der Waals surface area contributed by atoms with E-state index in [1.807, 2.05) is 37.4 Å². The van der Waals surface area contributed by atoms with Gasteiger partial charge in [0, 0.05) is 42.6 Å². The summed E-state index contributed by atoms with van der Waals surface area (Å²) < 4.78 is 45.1. The molecule has 36 heavy (non-hydrogen) atoms. The maximum absolute atomic E-state index is 12.8. The number of hydrogen-bond acceptors (Lipinski definition) is 6. The maximum Gasteiger partial charge on any atom is 0.573 e. The van der Waals surface area contributed by atoms with Gasteiger partial charge in [-0.1, -0.05) is 6.07 Å². The zero-order valence-electron chi connectivity index (χ0n) is 19.2. The number of nitrogens with one attached hydrogen (secondary N) is 2. The van der Waals surface area contributed by atoms with Gasteiger partial charge in [0.05, 0.1) is 17.1 Å². The van der Waals surface area contributed by atoms with E-state index in [4.69, 9.17) is 5.41 Å². The number of aryl methyl sites for hydroxylation is 1. The summed E-state index contributed by atoms with van der Waals surface area (Å²) in [5.41, 5.74) is 2.75. The van der Waals surface area contributed by atoms with E-state index in [2.05, 4.69) is 20.3 Å². The van der Waals surface area contributed by atoms with Crippen LogP contribution in [0, 0.1) is 12.3 Å². The van der Waals surface area contributed by atoms with Crippen molar-refractivity contribution in [3.63, 3.8) is 0 Å². The van der Waals surface area contributed by atoms with Gasteiger partial charge in [0.1, 0.15) is 5.75 Å². The van der Waals surface area contributed by atoms with E-state index in [0.717, 1.165) is 29.6 Å². The van der Waals surface area contributed by atoms with Crippen molar-refractivity contribution in [1.29, 1.82) is 5.41 Å². The number of benzene rings is 2. The molecule has 2 aromatic heterocycles. The number of rotatable bonds is 7. The Morgan fingerprint density at radius 1 is 1.08 bits per heavy atom.